The number of alkyl carbamates (subject to hydrolysis) is 1. The van der Waals surface area contributed by atoms with Crippen molar-refractivity contribution in [1.29, 1.82) is 0 Å². The lowest BCUT2D eigenvalue weighted by atomic mass is 9.98. The molecule has 1 unspecified atom stereocenters. The zero-order valence-corrected chi connectivity index (χ0v) is 15.8. The van der Waals surface area contributed by atoms with E-state index in [9.17, 15) is 9.59 Å². The Kier molecular flexibility index (Phi) is 5.27. The van der Waals surface area contributed by atoms with Crippen LogP contribution in [0.2, 0.25) is 0 Å². The molecular weight excluding hydrogens is 433 g/mol. The third-order valence-corrected chi connectivity index (χ3v) is 5.06. The highest BCUT2D eigenvalue weighted by Gasteiger charge is 2.30. The molecule has 0 bridgehead atoms. The van der Waals surface area contributed by atoms with Crippen LogP contribution in [-0.4, -0.2) is 33.7 Å². The number of alkyl halides is 1. The van der Waals surface area contributed by atoms with E-state index in [4.69, 9.17) is 9.84 Å². The summed E-state index contributed by atoms with van der Waals surface area (Å²) in [5.74, 6) is -1.12. The smallest absolute Gasteiger partial charge is 0.407 e. The molecule has 1 aliphatic rings. The highest BCUT2D eigenvalue weighted by Crippen LogP contribution is 2.44. The van der Waals surface area contributed by atoms with Crippen LogP contribution in [0.3, 0.4) is 0 Å². The van der Waals surface area contributed by atoms with Crippen LogP contribution < -0.4 is 5.32 Å². The number of carboxylic acids is 1. The van der Waals surface area contributed by atoms with Crippen LogP contribution in [-0.2, 0) is 9.53 Å². The van der Waals surface area contributed by atoms with Gasteiger partial charge < -0.3 is 15.2 Å². The Morgan fingerprint density at radius 2 is 1.64 bits per heavy atom. The Morgan fingerprint density at radius 3 is 2.12 bits per heavy atom. The number of carbonyl (C=O) groups excluding carboxylic acids is 1. The number of amides is 1. The van der Waals surface area contributed by atoms with E-state index >= 15 is 0 Å². The molecule has 0 fully saturated rings. The van der Waals surface area contributed by atoms with Crippen molar-refractivity contribution in [2.75, 3.05) is 6.61 Å². The number of ether oxygens (including phenoxy) is 1. The van der Waals surface area contributed by atoms with Crippen molar-refractivity contribution >= 4 is 34.7 Å². The number of halogens is 1. The zero-order valence-electron chi connectivity index (χ0n) is 13.6. The molecule has 25 heavy (non-hydrogen) atoms. The topological polar surface area (TPSA) is 75.6 Å². The van der Waals surface area contributed by atoms with Gasteiger partial charge in [0.2, 0.25) is 0 Å². The van der Waals surface area contributed by atoms with Crippen molar-refractivity contribution in [3.05, 3.63) is 59.7 Å². The molecule has 2 atom stereocenters. The molecule has 1 aliphatic carbocycles. The van der Waals surface area contributed by atoms with Crippen LogP contribution in [0.15, 0.2) is 48.5 Å². The van der Waals surface area contributed by atoms with Crippen molar-refractivity contribution < 1.29 is 19.4 Å². The first-order chi connectivity index (χ1) is 12.0. The summed E-state index contributed by atoms with van der Waals surface area (Å²) in [6.07, 6.45) is -0.710. The summed E-state index contributed by atoms with van der Waals surface area (Å²) in [6, 6.07) is 15.1. The summed E-state index contributed by atoms with van der Waals surface area (Å²) in [7, 11) is 0. The number of aliphatic carboxylic acids is 1. The lowest BCUT2D eigenvalue weighted by Crippen LogP contribution is -2.46. The first-order valence-corrected chi connectivity index (χ1v) is 9.22. The van der Waals surface area contributed by atoms with Crippen LogP contribution in [0, 0.1) is 0 Å². The second-order valence-electron chi connectivity index (χ2n) is 5.96. The first-order valence-electron chi connectivity index (χ1n) is 7.97. The van der Waals surface area contributed by atoms with Crippen LogP contribution in [0.25, 0.3) is 11.1 Å². The zero-order chi connectivity index (χ0) is 18.0. The lowest BCUT2D eigenvalue weighted by molar-refractivity contribution is -0.139. The second-order valence-corrected chi connectivity index (χ2v) is 7.93. The van der Waals surface area contributed by atoms with E-state index in [0.717, 1.165) is 22.3 Å². The van der Waals surface area contributed by atoms with Crippen molar-refractivity contribution in [3.63, 3.8) is 0 Å². The number of carbonyl (C=O) groups is 2. The van der Waals surface area contributed by atoms with Crippen LogP contribution in [0.4, 0.5) is 4.79 Å². The highest BCUT2D eigenvalue weighted by molar-refractivity contribution is 14.1. The molecule has 2 N–H and O–H groups in total. The Bertz CT molecular complexity index is 760. The maximum absolute atomic E-state index is 12.0. The highest BCUT2D eigenvalue weighted by atomic mass is 127. The second kappa shape index (κ2) is 7.43. The molecule has 2 aromatic rings. The van der Waals surface area contributed by atoms with E-state index in [1.165, 1.54) is 0 Å². The summed E-state index contributed by atoms with van der Waals surface area (Å²) in [5, 5.41) is 11.6. The fourth-order valence-corrected chi connectivity index (χ4v) is 3.63. The molecule has 0 saturated carbocycles. The Balaban J connectivity index is 1.73. The van der Waals surface area contributed by atoms with E-state index in [-0.39, 0.29) is 16.4 Å². The number of hydrogen-bond acceptors (Lipinski definition) is 3. The lowest BCUT2D eigenvalue weighted by Gasteiger charge is -2.18. The van der Waals surface area contributed by atoms with Gasteiger partial charge in [0.1, 0.15) is 12.6 Å². The average Bonchev–Trinajstić information content (AvgIpc) is 2.91. The Hall–Kier alpha value is -2.09. The molecule has 5 nitrogen and oxygen atoms in total. The number of rotatable bonds is 5. The molecule has 3 rings (SSSR count). The van der Waals surface area contributed by atoms with Gasteiger partial charge in [0.05, 0.1) is 0 Å². The van der Waals surface area contributed by atoms with Gasteiger partial charge in [-0.3, -0.25) is 0 Å². The van der Waals surface area contributed by atoms with E-state index in [2.05, 4.69) is 17.4 Å². The Labute approximate surface area is 159 Å². The van der Waals surface area contributed by atoms with Crippen LogP contribution >= 0.6 is 22.6 Å². The van der Waals surface area contributed by atoms with Gasteiger partial charge in [-0.25, -0.2) is 9.59 Å². The summed E-state index contributed by atoms with van der Waals surface area (Å²) in [5.41, 5.74) is 4.54. The summed E-state index contributed by atoms with van der Waals surface area (Å²) >= 11 is 1.97. The summed E-state index contributed by atoms with van der Waals surface area (Å²) in [4.78, 5) is 23.2. The molecule has 0 spiro atoms. The first kappa shape index (κ1) is 17.7. The minimum atomic E-state index is -1.07. The number of carboxylic acid groups (broad SMARTS) is 1. The number of hydrogen-bond donors (Lipinski definition) is 2. The molecule has 0 saturated heterocycles. The predicted octanol–water partition coefficient (Wildman–Crippen LogP) is 3.80. The molecule has 130 valence electrons. The van der Waals surface area contributed by atoms with Gasteiger partial charge in [-0.05, 0) is 22.3 Å². The molecule has 0 aromatic heterocycles. The molecular formula is C19H18INO4. The van der Waals surface area contributed by atoms with Gasteiger partial charge in [0, 0.05) is 9.84 Å². The largest absolute Gasteiger partial charge is 0.480 e. The SMILES string of the molecule is C[C@H](I)C(NC(=O)OCC1c2ccccc2-c2ccccc21)C(=O)O. The molecule has 2 aromatic carbocycles. The van der Waals surface area contributed by atoms with Gasteiger partial charge in [0.15, 0.2) is 0 Å². The number of fused-ring (bicyclic) bond motifs is 3. The van der Waals surface area contributed by atoms with Gasteiger partial charge in [-0.1, -0.05) is 78.0 Å². The van der Waals surface area contributed by atoms with E-state index in [1.54, 1.807) is 6.92 Å². The normalized spacial score (nSPS) is 15.0. The van der Waals surface area contributed by atoms with Crippen molar-refractivity contribution in [3.8, 4) is 11.1 Å². The van der Waals surface area contributed by atoms with Crippen molar-refractivity contribution in [2.24, 2.45) is 0 Å². The fourth-order valence-electron chi connectivity index (χ4n) is 3.14. The molecule has 6 heteroatoms. The minimum absolute atomic E-state index is 0.0431. The quantitative estimate of drug-likeness (QED) is 0.536. The van der Waals surface area contributed by atoms with Gasteiger partial charge in [-0.15, -0.1) is 0 Å². The molecule has 0 heterocycles. The number of nitrogens with one attached hydrogen (secondary N) is 1. The maximum Gasteiger partial charge on any atom is 0.407 e. The Morgan fingerprint density at radius 1 is 1.12 bits per heavy atom. The minimum Gasteiger partial charge on any atom is -0.480 e. The fraction of sp³-hybridized carbons (Fsp3) is 0.263. The summed E-state index contributed by atoms with van der Waals surface area (Å²) in [6.45, 7) is 1.89. The van der Waals surface area contributed by atoms with Gasteiger partial charge >= 0.3 is 12.1 Å². The van der Waals surface area contributed by atoms with Gasteiger partial charge in [0.25, 0.3) is 0 Å². The van der Waals surface area contributed by atoms with Crippen molar-refractivity contribution in [1.82, 2.24) is 5.32 Å². The standard InChI is InChI=1S/C19H18INO4/c1-11(20)17(18(22)23)21-19(24)25-10-16-14-8-4-2-6-12(14)13-7-3-5-9-15(13)16/h2-9,11,16-17H,10H2,1H3,(H,21,24)(H,22,23)/t11-,17?/m0/s1. The molecule has 1 amide bonds. The molecule has 0 radical (unpaired) electrons. The van der Waals surface area contributed by atoms with Crippen LogP contribution in [0.1, 0.15) is 24.0 Å². The van der Waals surface area contributed by atoms with E-state index in [1.807, 2.05) is 59.0 Å². The van der Waals surface area contributed by atoms with Crippen LogP contribution in [0.5, 0.6) is 0 Å². The average molecular weight is 451 g/mol. The van der Waals surface area contributed by atoms with E-state index < -0.39 is 18.1 Å². The predicted molar refractivity (Wildman–Crippen MR) is 103 cm³/mol. The third-order valence-electron chi connectivity index (χ3n) is 4.34. The monoisotopic (exact) mass is 451 g/mol. The third kappa shape index (κ3) is 3.63. The maximum atomic E-state index is 12.0. The van der Waals surface area contributed by atoms with Crippen molar-refractivity contribution in [2.45, 2.75) is 22.8 Å². The summed E-state index contributed by atoms with van der Waals surface area (Å²) < 4.78 is 5.10. The van der Waals surface area contributed by atoms with Gasteiger partial charge in [-0.2, -0.15) is 0 Å². The van der Waals surface area contributed by atoms with E-state index in [0.29, 0.717) is 0 Å². The number of benzene rings is 2. The molecule has 0 aliphatic heterocycles.